The molecule has 2 aliphatic rings. The van der Waals surface area contributed by atoms with Crippen molar-refractivity contribution >= 4 is 28.3 Å². The Kier molecular flexibility index (Phi) is 5.40. The third-order valence-corrected chi connectivity index (χ3v) is 6.32. The number of nitrogens with zero attached hydrogens (tertiary/aromatic N) is 5. The summed E-state index contributed by atoms with van der Waals surface area (Å²) in [5.74, 6) is 1.82. The number of anilines is 1. The molecular weight excluding hydrogens is 386 g/mol. The first-order valence-corrected chi connectivity index (χ1v) is 10.8. The van der Waals surface area contributed by atoms with Crippen LogP contribution in [0.1, 0.15) is 12.8 Å². The lowest BCUT2D eigenvalue weighted by molar-refractivity contribution is 0.0289. The molecule has 0 spiro atoms. The van der Waals surface area contributed by atoms with Gasteiger partial charge in [-0.1, -0.05) is 11.6 Å². The molecule has 0 N–H and O–H groups in total. The van der Waals surface area contributed by atoms with E-state index in [1.54, 1.807) is 0 Å². The van der Waals surface area contributed by atoms with Crippen LogP contribution in [0.25, 0.3) is 16.6 Å². The number of ether oxygens (including phenoxy) is 1. The summed E-state index contributed by atoms with van der Waals surface area (Å²) in [4.78, 5) is 9.32. The molecule has 6 nitrogen and oxygen atoms in total. The standard InChI is InChI=1S/C22H26ClN5O/c23-18-1-3-19(4-2-18)28-21-15-24-8-5-20(21)22(25-28)27-9-6-17(7-10-27)16-26-11-13-29-14-12-26/h1-5,8,15,17H,6-7,9-14,16H2. The molecule has 3 aromatic rings. The molecule has 2 fully saturated rings. The third-order valence-electron chi connectivity index (χ3n) is 6.07. The second kappa shape index (κ2) is 8.30. The first-order valence-electron chi connectivity index (χ1n) is 10.4. The number of aromatic nitrogens is 3. The van der Waals surface area contributed by atoms with E-state index in [0.717, 1.165) is 72.7 Å². The molecule has 2 saturated heterocycles. The van der Waals surface area contributed by atoms with Gasteiger partial charge in [0.15, 0.2) is 5.82 Å². The van der Waals surface area contributed by atoms with Crippen LogP contribution in [0, 0.1) is 5.92 Å². The summed E-state index contributed by atoms with van der Waals surface area (Å²) in [6, 6.07) is 9.87. The van der Waals surface area contributed by atoms with Crippen LogP contribution < -0.4 is 4.90 Å². The van der Waals surface area contributed by atoms with Crippen LogP contribution in [-0.2, 0) is 4.74 Å². The van der Waals surface area contributed by atoms with Crippen molar-refractivity contribution in [1.29, 1.82) is 0 Å². The molecule has 2 aliphatic heterocycles. The summed E-state index contributed by atoms with van der Waals surface area (Å²) in [5.41, 5.74) is 2.03. The average molecular weight is 412 g/mol. The Hall–Kier alpha value is -2.15. The highest BCUT2D eigenvalue weighted by atomic mass is 35.5. The number of halogens is 1. The minimum absolute atomic E-state index is 0.728. The van der Waals surface area contributed by atoms with Gasteiger partial charge in [-0.2, -0.15) is 0 Å². The molecule has 5 rings (SSSR count). The maximum Gasteiger partial charge on any atom is 0.159 e. The molecule has 4 heterocycles. The monoisotopic (exact) mass is 411 g/mol. The fourth-order valence-corrected chi connectivity index (χ4v) is 4.56. The maximum atomic E-state index is 6.07. The van der Waals surface area contributed by atoms with Crippen LogP contribution in [0.4, 0.5) is 5.82 Å². The maximum absolute atomic E-state index is 6.07. The highest BCUT2D eigenvalue weighted by Crippen LogP contribution is 2.31. The van der Waals surface area contributed by atoms with Crippen LogP contribution in [-0.4, -0.2) is 65.6 Å². The zero-order valence-corrected chi connectivity index (χ0v) is 17.3. The van der Waals surface area contributed by atoms with E-state index in [9.17, 15) is 0 Å². The Morgan fingerprint density at radius 1 is 1.00 bits per heavy atom. The van der Waals surface area contributed by atoms with E-state index in [-0.39, 0.29) is 0 Å². The van der Waals surface area contributed by atoms with Gasteiger partial charge in [-0.3, -0.25) is 9.88 Å². The molecule has 0 unspecified atom stereocenters. The number of rotatable bonds is 4. The number of fused-ring (bicyclic) bond motifs is 1. The van der Waals surface area contributed by atoms with Crippen molar-refractivity contribution < 1.29 is 4.74 Å². The van der Waals surface area contributed by atoms with Gasteiger partial charge in [0.1, 0.15) is 0 Å². The highest BCUT2D eigenvalue weighted by Gasteiger charge is 2.25. The number of piperidine rings is 1. The number of hydrogen-bond donors (Lipinski definition) is 0. The first-order chi connectivity index (χ1) is 14.3. The predicted octanol–water partition coefficient (Wildman–Crippen LogP) is 3.62. The zero-order valence-electron chi connectivity index (χ0n) is 16.5. The van der Waals surface area contributed by atoms with Gasteiger partial charge in [-0.05, 0) is 49.1 Å². The number of morpholine rings is 1. The van der Waals surface area contributed by atoms with Crippen LogP contribution >= 0.6 is 11.6 Å². The number of hydrogen-bond acceptors (Lipinski definition) is 5. The Bertz CT molecular complexity index is 959. The molecule has 0 amide bonds. The number of pyridine rings is 1. The fourth-order valence-electron chi connectivity index (χ4n) is 4.44. The van der Waals surface area contributed by atoms with Crippen molar-refractivity contribution in [3.63, 3.8) is 0 Å². The largest absolute Gasteiger partial charge is 0.379 e. The summed E-state index contributed by atoms with van der Waals surface area (Å²) < 4.78 is 7.46. The van der Waals surface area contributed by atoms with E-state index in [1.807, 2.05) is 41.3 Å². The average Bonchev–Trinajstić information content (AvgIpc) is 3.15. The van der Waals surface area contributed by atoms with Gasteiger partial charge >= 0.3 is 0 Å². The first kappa shape index (κ1) is 18.9. The fraction of sp³-hybridized carbons (Fsp3) is 0.455. The van der Waals surface area contributed by atoms with Crippen molar-refractivity contribution in [1.82, 2.24) is 19.7 Å². The van der Waals surface area contributed by atoms with Gasteiger partial charge in [-0.25, -0.2) is 4.68 Å². The van der Waals surface area contributed by atoms with Gasteiger partial charge in [0.2, 0.25) is 0 Å². The van der Waals surface area contributed by atoms with Gasteiger partial charge in [-0.15, -0.1) is 5.10 Å². The van der Waals surface area contributed by atoms with Gasteiger partial charge < -0.3 is 9.64 Å². The van der Waals surface area contributed by atoms with E-state index >= 15 is 0 Å². The summed E-state index contributed by atoms with van der Waals surface area (Å²) in [6.45, 7) is 7.18. The molecule has 0 bridgehead atoms. The van der Waals surface area contributed by atoms with Crippen LogP contribution in [0.2, 0.25) is 5.02 Å². The molecule has 1 aromatic carbocycles. The topological polar surface area (TPSA) is 46.4 Å². The molecule has 7 heteroatoms. The summed E-state index contributed by atoms with van der Waals surface area (Å²) in [7, 11) is 0. The normalized spacial score (nSPS) is 19.1. The van der Waals surface area contributed by atoms with Gasteiger partial charge in [0.25, 0.3) is 0 Å². The second-order valence-corrected chi connectivity index (χ2v) is 8.38. The van der Waals surface area contributed by atoms with Crippen molar-refractivity contribution in [3.05, 3.63) is 47.7 Å². The molecular formula is C22H26ClN5O. The van der Waals surface area contributed by atoms with Crippen molar-refractivity contribution in [3.8, 4) is 5.69 Å². The lowest BCUT2D eigenvalue weighted by atomic mass is 9.96. The van der Waals surface area contributed by atoms with Crippen LogP contribution in [0.5, 0.6) is 0 Å². The van der Waals surface area contributed by atoms with E-state index in [4.69, 9.17) is 21.4 Å². The van der Waals surface area contributed by atoms with Gasteiger partial charge in [0, 0.05) is 49.3 Å². The lowest BCUT2D eigenvalue weighted by Crippen LogP contribution is -2.43. The third kappa shape index (κ3) is 3.97. The second-order valence-electron chi connectivity index (χ2n) is 7.95. The molecule has 29 heavy (non-hydrogen) atoms. The number of benzene rings is 1. The molecule has 0 radical (unpaired) electrons. The minimum atomic E-state index is 0.728. The SMILES string of the molecule is Clc1ccc(-n2nc(N3CCC(CN4CCOCC4)CC3)c3ccncc32)cc1. The highest BCUT2D eigenvalue weighted by molar-refractivity contribution is 6.30. The molecule has 152 valence electrons. The Balaban J connectivity index is 1.35. The molecule has 0 saturated carbocycles. The van der Waals surface area contributed by atoms with Crippen molar-refractivity contribution in [2.24, 2.45) is 5.92 Å². The van der Waals surface area contributed by atoms with E-state index in [2.05, 4.69) is 20.9 Å². The zero-order chi connectivity index (χ0) is 19.6. The smallest absolute Gasteiger partial charge is 0.159 e. The summed E-state index contributed by atoms with van der Waals surface area (Å²) >= 11 is 6.07. The minimum Gasteiger partial charge on any atom is -0.379 e. The lowest BCUT2D eigenvalue weighted by Gasteiger charge is -2.36. The summed E-state index contributed by atoms with van der Waals surface area (Å²) in [6.07, 6.45) is 6.16. The summed E-state index contributed by atoms with van der Waals surface area (Å²) in [5, 5.41) is 6.87. The van der Waals surface area contributed by atoms with E-state index < -0.39 is 0 Å². The quantitative estimate of drug-likeness (QED) is 0.656. The van der Waals surface area contributed by atoms with Crippen LogP contribution in [0.15, 0.2) is 42.7 Å². The molecule has 0 atom stereocenters. The molecule has 0 aliphatic carbocycles. The van der Waals surface area contributed by atoms with Crippen molar-refractivity contribution in [2.75, 3.05) is 50.8 Å². The van der Waals surface area contributed by atoms with E-state index in [1.165, 1.54) is 19.4 Å². The Morgan fingerprint density at radius 2 is 1.76 bits per heavy atom. The predicted molar refractivity (Wildman–Crippen MR) is 116 cm³/mol. The Labute approximate surface area is 176 Å². The Morgan fingerprint density at radius 3 is 2.52 bits per heavy atom. The van der Waals surface area contributed by atoms with E-state index in [0.29, 0.717) is 0 Å². The van der Waals surface area contributed by atoms with Crippen LogP contribution in [0.3, 0.4) is 0 Å². The van der Waals surface area contributed by atoms with Crippen molar-refractivity contribution in [2.45, 2.75) is 12.8 Å². The molecule has 2 aromatic heterocycles. The van der Waals surface area contributed by atoms with Gasteiger partial charge in [0.05, 0.1) is 30.6 Å².